The Kier molecular flexibility index (Phi) is 5.21. The van der Waals surface area contributed by atoms with Crippen LogP contribution in [0.2, 0.25) is 0 Å². The van der Waals surface area contributed by atoms with E-state index in [1.165, 1.54) is 6.07 Å². The quantitative estimate of drug-likeness (QED) is 0.848. The van der Waals surface area contributed by atoms with Crippen LogP contribution in [0.4, 0.5) is 11.5 Å². The van der Waals surface area contributed by atoms with Gasteiger partial charge in [-0.3, -0.25) is 9.10 Å². The number of benzene rings is 1. The number of para-hydroxylation sites is 1. The molecule has 0 radical (unpaired) electrons. The molecule has 24 heavy (non-hydrogen) atoms. The molecular weight excluding hydrogens is 332 g/mol. The zero-order valence-electron chi connectivity index (χ0n) is 13.2. The van der Waals surface area contributed by atoms with Crippen LogP contribution in [-0.4, -0.2) is 32.3 Å². The molecular formula is C15H16N4O4S. The van der Waals surface area contributed by atoms with Crippen LogP contribution in [0.1, 0.15) is 17.7 Å². The predicted octanol–water partition coefficient (Wildman–Crippen LogP) is 1.65. The van der Waals surface area contributed by atoms with Gasteiger partial charge >= 0.3 is 0 Å². The van der Waals surface area contributed by atoms with Crippen LogP contribution in [0, 0.1) is 18.3 Å². The molecule has 0 saturated carbocycles. The molecule has 8 nitrogen and oxygen atoms in total. The maximum atomic E-state index is 12.1. The minimum atomic E-state index is -3.61. The van der Waals surface area contributed by atoms with E-state index in [-0.39, 0.29) is 18.8 Å². The van der Waals surface area contributed by atoms with Gasteiger partial charge in [-0.05, 0) is 19.1 Å². The van der Waals surface area contributed by atoms with Crippen molar-refractivity contribution in [3.05, 3.63) is 41.7 Å². The summed E-state index contributed by atoms with van der Waals surface area (Å²) in [6, 6.07) is 10.0. The Balaban J connectivity index is 2.07. The number of sulfonamides is 1. The molecule has 0 atom stereocenters. The van der Waals surface area contributed by atoms with Crippen molar-refractivity contribution in [2.45, 2.75) is 13.3 Å². The first-order valence-electron chi connectivity index (χ1n) is 7.01. The van der Waals surface area contributed by atoms with E-state index >= 15 is 0 Å². The second-order valence-electron chi connectivity index (χ2n) is 5.09. The minimum absolute atomic E-state index is 0.0919. The number of nitrogens with one attached hydrogen (secondary N) is 1. The summed E-state index contributed by atoms with van der Waals surface area (Å²) < 4.78 is 29.6. The topological polar surface area (TPSA) is 116 Å². The van der Waals surface area contributed by atoms with E-state index in [1.54, 1.807) is 31.2 Å². The maximum Gasteiger partial charge on any atom is 0.233 e. The number of hydrogen-bond acceptors (Lipinski definition) is 6. The highest BCUT2D eigenvalue weighted by atomic mass is 32.2. The number of rotatable bonds is 6. The van der Waals surface area contributed by atoms with Crippen LogP contribution >= 0.6 is 0 Å². The Morgan fingerprint density at radius 2 is 2.12 bits per heavy atom. The van der Waals surface area contributed by atoms with Crippen molar-refractivity contribution in [2.75, 3.05) is 22.4 Å². The fourth-order valence-corrected chi connectivity index (χ4v) is 2.88. The summed E-state index contributed by atoms with van der Waals surface area (Å²) in [5.74, 6) is 0.179. The molecule has 2 aromatic rings. The van der Waals surface area contributed by atoms with Gasteiger partial charge in [-0.25, -0.2) is 8.42 Å². The molecule has 0 saturated heterocycles. The van der Waals surface area contributed by atoms with Crippen molar-refractivity contribution >= 4 is 27.4 Å². The summed E-state index contributed by atoms with van der Waals surface area (Å²) in [7, 11) is -3.61. The van der Waals surface area contributed by atoms with Gasteiger partial charge in [0, 0.05) is 19.0 Å². The molecule has 1 N–H and O–H groups in total. The number of aryl methyl sites for hydroxylation is 1. The third-order valence-corrected chi connectivity index (χ3v) is 4.31. The molecule has 0 aliphatic carbocycles. The SMILES string of the molecule is Cc1cc(N(CCC(=O)Nc2ccccc2C#N)S(C)(=O)=O)no1. The lowest BCUT2D eigenvalue weighted by atomic mass is 10.2. The van der Waals surface area contributed by atoms with Crippen LogP contribution in [-0.2, 0) is 14.8 Å². The molecule has 1 heterocycles. The smallest absolute Gasteiger partial charge is 0.233 e. The Bertz CT molecular complexity index is 883. The number of carbonyl (C=O) groups is 1. The van der Waals surface area contributed by atoms with E-state index in [1.807, 2.05) is 6.07 Å². The van der Waals surface area contributed by atoms with Crippen LogP contribution in [0.15, 0.2) is 34.9 Å². The molecule has 9 heteroatoms. The lowest BCUT2D eigenvalue weighted by Gasteiger charge is -2.18. The Morgan fingerprint density at radius 3 is 2.71 bits per heavy atom. The molecule has 2 rings (SSSR count). The van der Waals surface area contributed by atoms with Crippen molar-refractivity contribution in [1.29, 1.82) is 5.26 Å². The van der Waals surface area contributed by atoms with Gasteiger partial charge in [0.2, 0.25) is 15.9 Å². The molecule has 0 spiro atoms. The number of nitrogens with zero attached hydrogens (tertiary/aromatic N) is 3. The Hall–Kier alpha value is -2.86. The average molecular weight is 348 g/mol. The number of aromatic nitrogens is 1. The molecule has 126 valence electrons. The highest BCUT2D eigenvalue weighted by Crippen LogP contribution is 2.18. The van der Waals surface area contributed by atoms with E-state index < -0.39 is 15.9 Å². The normalized spacial score (nSPS) is 10.9. The Morgan fingerprint density at radius 1 is 1.42 bits per heavy atom. The lowest BCUT2D eigenvalue weighted by Crippen LogP contribution is -2.33. The van der Waals surface area contributed by atoms with Crippen molar-refractivity contribution in [1.82, 2.24) is 5.16 Å². The van der Waals surface area contributed by atoms with Crippen LogP contribution in [0.25, 0.3) is 0 Å². The van der Waals surface area contributed by atoms with Gasteiger partial charge in [-0.15, -0.1) is 0 Å². The first kappa shape index (κ1) is 17.5. The minimum Gasteiger partial charge on any atom is -0.360 e. The van der Waals surface area contributed by atoms with Gasteiger partial charge < -0.3 is 9.84 Å². The van der Waals surface area contributed by atoms with E-state index in [0.29, 0.717) is 17.0 Å². The predicted molar refractivity (Wildman–Crippen MR) is 87.8 cm³/mol. The average Bonchev–Trinajstić information content (AvgIpc) is 2.92. The first-order valence-corrected chi connectivity index (χ1v) is 8.86. The molecule has 0 aliphatic rings. The van der Waals surface area contributed by atoms with Gasteiger partial charge in [-0.2, -0.15) is 5.26 Å². The summed E-state index contributed by atoms with van der Waals surface area (Å²) in [4.78, 5) is 12.1. The number of hydrogen-bond donors (Lipinski definition) is 1. The monoisotopic (exact) mass is 348 g/mol. The van der Waals surface area contributed by atoms with Crippen molar-refractivity contribution in [3.63, 3.8) is 0 Å². The van der Waals surface area contributed by atoms with E-state index in [4.69, 9.17) is 9.78 Å². The Labute approximate surface area is 139 Å². The zero-order chi connectivity index (χ0) is 17.7. The number of nitriles is 1. The maximum absolute atomic E-state index is 12.1. The largest absolute Gasteiger partial charge is 0.360 e. The number of anilines is 2. The highest BCUT2D eigenvalue weighted by molar-refractivity contribution is 7.92. The number of carbonyl (C=O) groups excluding carboxylic acids is 1. The molecule has 0 unspecified atom stereocenters. The second kappa shape index (κ2) is 7.14. The van der Waals surface area contributed by atoms with Crippen LogP contribution in [0.5, 0.6) is 0 Å². The summed E-state index contributed by atoms with van der Waals surface area (Å²) in [5, 5.41) is 15.3. The van der Waals surface area contributed by atoms with Gasteiger partial charge in [-0.1, -0.05) is 17.3 Å². The molecule has 0 fully saturated rings. The molecule has 1 aromatic heterocycles. The standard InChI is InChI=1S/C15H16N4O4S/c1-11-9-14(18-23-11)19(24(2,21)22)8-7-15(20)17-13-6-4-3-5-12(13)10-16/h3-6,9H,7-8H2,1-2H3,(H,17,20). The lowest BCUT2D eigenvalue weighted by molar-refractivity contribution is -0.116. The fourth-order valence-electron chi connectivity index (χ4n) is 2.03. The van der Waals surface area contributed by atoms with Gasteiger partial charge in [0.1, 0.15) is 11.8 Å². The summed E-state index contributed by atoms with van der Waals surface area (Å²) >= 11 is 0. The van der Waals surface area contributed by atoms with Crippen LogP contribution < -0.4 is 9.62 Å². The van der Waals surface area contributed by atoms with Crippen molar-refractivity contribution in [2.24, 2.45) is 0 Å². The molecule has 1 amide bonds. The molecule has 0 aliphatic heterocycles. The fraction of sp³-hybridized carbons (Fsp3) is 0.267. The second-order valence-corrected chi connectivity index (χ2v) is 6.99. The molecule has 0 bridgehead atoms. The van der Waals surface area contributed by atoms with Crippen molar-refractivity contribution < 1.29 is 17.7 Å². The summed E-state index contributed by atoms with van der Waals surface area (Å²) in [6.45, 7) is 1.55. The third kappa shape index (κ3) is 4.33. The van der Waals surface area contributed by atoms with Crippen molar-refractivity contribution in [3.8, 4) is 6.07 Å². The van der Waals surface area contributed by atoms with Crippen LogP contribution in [0.3, 0.4) is 0 Å². The highest BCUT2D eigenvalue weighted by Gasteiger charge is 2.22. The van der Waals surface area contributed by atoms with Gasteiger partial charge in [0.05, 0.1) is 17.5 Å². The third-order valence-electron chi connectivity index (χ3n) is 3.13. The van der Waals surface area contributed by atoms with E-state index in [9.17, 15) is 13.2 Å². The summed E-state index contributed by atoms with van der Waals surface area (Å²) in [5.41, 5.74) is 0.714. The summed E-state index contributed by atoms with van der Waals surface area (Å²) in [6.07, 6.45) is 0.929. The first-order chi connectivity index (χ1) is 11.3. The van der Waals surface area contributed by atoms with E-state index in [0.717, 1.165) is 10.6 Å². The zero-order valence-corrected chi connectivity index (χ0v) is 14.0. The number of amides is 1. The molecule has 1 aromatic carbocycles. The van der Waals surface area contributed by atoms with E-state index in [2.05, 4.69) is 10.5 Å². The van der Waals surface area contributed by atoms with Gasteiger partial charge in [0.15, 0.2) is 5.82 Å². The van der Waals surface area contributed by atoms with Gasteiger partial charge in [0.25, 0.3) is 0 Å².